The van der Waals surface area contributed by atoms with Gasteiger partial charge in [0.1, 0.15) is 5.69 Å². The third-order valence-electron chi connectivity index (χ3n) is 4.73. The van der Waals surface area contributed by atoms with Crippen molar-refractivity contribution >= 4 is 5.91 Å². The summed E-state index contributed by atoms with van der Waals surface area (Å²) in [5.74, 6) is -0.0198. The SMILES string of the molecule is Cc1cc([C@@H]2c3ccccc3CCCN2C(=O)c2ccn[nH]2)ccn1. The van der Waals surface area contributed by atoms with Crippen LogP contribution in [0.25, 0.3) is 0 Å². The molecular formula is C20H20N4O. The first kappa shape index (κ1) is 15.6. The van der Waals surface area contributed by atoms with Gasteiger partial charge in [0.15, 0.2) is 0 Å². The number of aromatic amines is 1. The number of fused-ring (bicyclic) bond motifs is 1. The second-order valence-electron chi connectivity index (χ2n) is 6.40. The van der Waals surface area contributed by atoms with Gasteiger partial charge in [-0.3, -0.25) is 14.9 Å². The van der Waals surface area contributed by atoms with E-state index in [1.807, 2.05) is 30.2 Å². The van der Waals surface area contributed by atoms with Crippen LogP contribution in [0.15, 0.2) is 54.9 Å². The van der Waals surface area contributed by atoms with Gasteiger partial charge in [0.25, 0.3) is 5.91 Å². The Kier molecular flexibility index (Phi) is 4.06. The molecule has 1 N–H and O–H groups in total. The molecule has 3 heterocycles. The van der Waals surface area contributed by atoms with E-state index in [9.17, 15) is 4.79 Å². The highest BCUT2D eigenvalue weighted by Gasteiger charge is 2.31. The monoisotopic (exact) mass is 332 g/mol. The summed E-state index contributed by atoms with van der Waals surface area (Å²) in [6.07, 6.45) is 5.35. The zero-order chi connectivity index (χ0) is 17.2. The number of aryl methyl sites for hydroxylation is 2. The summed E-state index contributed by atoms with van der Waals surface area (Å²) in [5, 5.41) is 6.74. The zero-order valence-electron chi connectivity index (χ0n) is 14.1. The summed E-state index contributed by atoms with van der Waals surface area (Å²) in [5.41, 5.74) is 5.07. The Morgan fingerprint density at radius 1 is 1.20 bits per heavy atom. The lowest BCUT2D eigenvalue weighted by atomic mass is 9.93. The molecule has 126 valence electrons. The van der Waals surface area contributed by atoms with Gasteiger partial charge >= 0.3 is 0 Å². The van der Waals surface area contributed by atoms with Crippen LogP contribution in [0.3, 0.4) is 0 Å². The number of carbonyl (C=O) groups excluding carboxylic acids is 1. The summed E-state index contributed by atoms with van der Waals surface area (Å²) in [6.45, 7) is 2.69. The highest BCUT2D eigenvalue weighted by Crippen LogP contribution is 2.35. The van der Waals surface area contributed by atoms with Crippen molar-refractivity contribution in [1.29, 1.82) is 0 Å². The number of aromatic nitrogens is 3. The van der Waals surface area contributed by atoms with Crippen molar-refractivity contribution in [1.82, 2.24) is 20.1 Å². The van der Waals surface area contributed by atoms with Crippen LogP contribution in [0.5, 0.6) is 0 Å². The second-order valence-corrected chi connectivity index (χ2v) is 6.40. The van der Waals surface area contributed by atoms with E-state index in [0.717, 1.165) is 24.1 Å². The van der Waals surface area contributed by atoms with Crippen molar-refractivity contribution in [2.24, 2.45) is 0 Å². The highest BCUT2D eigenvalue weighted by molar-refractivity contribution is 5.92. The quantitative estimate of drug-likeness (QED) is 0.783. The van der Waals surface area contributed by atoms with Crippen molar-refractivity contribution in [3.8, 4) is 0 Å². The first-order chi connectivity index (χ1) is 12.2. The second kappa shape index (κ2) is 6.51. The molecule has 25 heavy (non-hydrogen) atoms. The number of H-pyrrole nitrogens is 1. The number of pyridine rings is 1. The van der Waals surface area contributed by atoms with E-state index in [1.165, 1.54) is 11.1 Å². The maximum absolute atomic E-state index is 13.1. The predicted octanol–water partition coefficient (Wildman–Crippen LogP) is 3.29. The van der Waals surface area contributed by atoms with Crippen LogP contribution in [-0.4, -0.2) is 32.5 Å². The average molecular weight is 332 g/mol. The van der Waals surface area contributed by atoms with Gasteiger partial charge in [-0.05, 0) is 54.7 Å². The fourth-order valence-corrected chi connectivity index (χ4v) is 3.61. The summed E-state index contributed by atoms with van der Waals surface area (Å²) < 4.78 is 0. The van der Waals surface area contributed by atoms with Gasteiger partial charge < -0.3 is 4.90 Å². The molecule has 1 aliphatic heterocycles. The zero-order valence-corrected chi connectivity index (χ0v) is 14.1. The Hall–Kier alpha value is -2.95. The van der Waals surface area contributed by atoms with Crippen molar-refractivity contribution < 1.29 is 4.79 Å². The van der Waals surface area contributed by atoms with E-state index in [0.29, 0.717) is 12.2 Å². The molecule has 0 fully saturated rings. The molecule has 0 spiro atoms. The molecular weight excluding hydrogens is 312 g/mol. The molecule has 1 atom stereocenters. The Balaban J connectivity index is 1.85. The summed E-state index contributed by atoms with van der Waals surface area (Å²) in [6, 6.07) is 14.1. The smallest absolute Gasteiger partial charge is 0.272 e. The third-order valence-corrected chi connectivity index (χ3v) is 4.73. The molecule has 0 bridgehead atoms. The maximum Gasteiger partial charge on any atom is 0.272 e. The Morgan fingerprint density at radius 3 is 2.88 bits per heavy atom. The number of benzene rings is 1. The Bertz CT molecular complexity index is 888. The lowest BCUT2D eigenvalue weighted by Gasteiger charge is -2.31. The lowest BCUT2D eigenvalue weighted by Crippen LogP contribution is -2.36. The summed E-state index contributed by atoms with van der Waals surface area (Å²) in [7, 11) is 0. The molecule has 5 heteroatoms. The predicted molar refractivity (Wildman–Crippen MR) is 95.2 cm³/mol. The number of amides is 1. The molecule has 3 aromatic rings. The first-order valence-corrected chi connectivity index (χ1v) is 8.55. The van der Waals surface area contributed by atoms with E-state index >= 15 is 0 Å². The van der Waals surface area contributed by atoms with Crippen LogP contribution in [0.2, 0.25) is 0 Å². The molecule has 2 aromatic heterocycles. The lowest BCUT2D eigenvalue weighted by molar-refractivity contribution is 0.0704. The van der Waals surface area contributed by atoms with Crippen LogP contribution in [0.4, 0.5) is 0 Å². The number of carbonyl (C=O) groups is 1. The summed E-state index contributed by atoms with van der Waals surface area (Å²) in [4.78, 5) is 19.4. The molecule has 1 aliphatic rings. The van der Waals surface area contributed by atoms with Gasteiger partial charge in [-0.2, -0.15) is 5.10 Å². The van der Waals surface area contributed by atoms with Crippen LogP contribution >= 0.6 is 0 Å². The molecule has 0 unspecified atom stereocenters. The molecule has 4 rings (SSSR count). The van der Waals surface area contributed by atoms with Gasteiger partial charge in [0.2, 0.25) is 0 Å². The topological polar surface area (TPSA) is 61.9 Å². The minimum Gasteiger partial charge on any atom is -0.326 e. The normalized spacial score (nSPS) is 17.0. The molecule has 0 saturated carbocycles. The molecule has 5 nitrogen and oxygen atoms in total. The van der Waals surface area contributed by atoms with Crippen molar-refractivity contribution in [3.05, 3.63) is 82.9 Å². The average Bonchev–Trinajstić information content (AvgIpc) is 3.09. The highest BCUT2D eigenvalue weighted by atomic mass is 16.2. The number of nitrogens with zero attached hydrogens (tertiary/aromatic N) is 3. The van der Waals surface area contributed by atoms with E-state index in [4.69, 9.17) is 0 Å². The van der Waals surface area contributed by atoms with Gasteiger partial charge in [0.05, 0.1) is 6.04 Å². The number of hydrogen-bond acceptors (Lipinski definition) is 3. The van der Waals surface area contributed by atoms with Crippen molar-refractivity contribution in [2.75, 3.05) is 6.54 Å². The fourth-order valence-electron chi connectivity index (χ4n) is 3.61. The fraction of sp³-hybridized carbons (Fsp3) is 0.250. The van der Waals surface area contributed by atoms with E-state index in [-0.39, 0.29) is 11.9 Å². The van der Waals surface area contributed by atoms with E-state index < -0.39 is 0 Å². The Morgan fingerprint density at radius 2 is 2.08 bits per heavy atom. The number of rotatable bonds is 2. The number of nitrogens with one attached hydrogen (secondary N) is 1. The van der Waals surface area contributed by atoms with E-state index in [2.05, 4.69) is 39.4 Å². The van der Waals surface area contributed by atoms with Crippen LogP contribution < -0.4 is 0 Å². The Labute approximate surface area is 146 Å². The maximum atomic E-state index is 13.1. The largest absolute Gasteiger partial charge is 0.326 e. The van der Waals surface area contributed by atoms with Crippen molar-refractivity contribution in [2.45, 2.75) is 25.8 Å². The van der Waals surface area contributed by atoms with E-state index in [1.54, 1.807) is 12.3 Å². The molecule has 0 aliphatic carbocycles. The van der Waals surface area contributed by atoms with Crippen molar-refractivity contribution in [3.63, 3.8) is 0 Å². The number of hydrogen-bond donors (Lipinski definition) is 1. The summed E-state index contributed by atoms with van der Waals surface area (Å²) >= 11 is 0. The van der Waals surface area contributed by atoms with Crippen LogP contribution in [-0.2, 0) is 6.42 Å². The first-order valence-electron chi connectivity index (χ1n) is 8.55. The van der Waals surface area contributed by atoms with Crippen LogP contribution in [0.1, 0.15) is 45.3 Å². The molecule has 0 saturated heterocycles. The minimum absolute atomic E-state index is 0.0198. The van der Waals surface area contributed by atoms with Gasteiger partial charge in [-0.25, -0.2) is 0 Å². The molecule has 0 radical (unpaired) electrons. The minimum atomic E-state index is -0.115. The standard InChI is InChI=1S/C20H20N4O/c1-14-13-16(8-10-21-14)19-17-7-3-2-5-15(17)6-4-12-24(19)20(25)18-9-11-22-23-18/h2-3,5,7-11,13,19H,4,6,12H2,1H3,(H,22,23)/t19-/m1/s1. The van der Waals surface area contributed by atoms with Gasteiger partial charge in [-0.1, -0.05) is 24.3 Å². The molecule has 1 aromatic carbocycles. The van der Waals surface area contributed by atoms with Gasteiger partial charge in [-0.15, -0.1) is 0 Å². The van der Waals surface area contributed by atoms with Gasteiger partial charge in [0, 0.05) is 24.6 Å². The third kappa shape index (κ3) is 2.93. The molecule has 1 amide bonds. The van der Waals surface area contributed by atoms with Crippen LogP contribution in [0, 0.1) is 6.92 Å².